The molecule has 0 bridgehead atoms. The van der Waals surface area contributed by atoms with Gasteiger partial charge in [-0.2, -0.15) is 0 Å². The number of nitrogens with one attached hydrogen (secondary N) is 1. The largest absolute Gasteiger partial charge is 0.316 e. The molecule has 1 aliphatic carbocycles. The predicted octanol–water partition coefficient (Wildman–Crippen LogP) is 4.50. The number of rotatable bonds is 5. The molecule has 0 unspecified atom stereocenters. The van der Waals surface area contributed by atoms with Gasteiger partial charge in [0, 0.05) is 4.88 Å². The van der Waals surface area contributed by atoms with Crippen LogP contribution in [-0.4, -0.2) is 13.1 Å². The molecule has 1 N–H and O–H groups in total. The maximum Gasteiger partial charge on any atom is 0.0931 e. The Morgan fingerprint density at radius 2 is 1.94 bits per heavy atom. The van der Waals surface area contributed by atoms with E-state index in [2.05, 4.69) is 11.4 Å². The van der Waals surface area contributed by atoms with E-state index in [0.29, 0.717) is 0 Å². The average Bonchev–Trinajstić information content (AvgIpc) is 2.59. The van der Waals surface area contributed by atoms with E-state index in [1.165, 1.54) is 49.9 Å². The first kappa shape index (κ1) is 13.4. The molecule has 1 heterocycles. The highest BCUT2D eigenvalue weighted by Gasteiger charge is 2.11. The Hall–Kier alpha value is -0.0500. The zero-order valence-corrected chi connectivity index (χ0v) is 12.0. The van der Waals surface area contributed by atoms with E-state index >= 15 is 0 Å². The Morgan fingerprint density at radius 3 is 2.59 bits per heavy atom. The van der Waals surface area contributed by atoms with Gasteiger partial charge in [-0.3, -0.25) is 0 Å². The molecule has 0 aromatic carbocycles. The third kappa shape index (κ3) is 4.99. The summed E-state index contributed by atoms with van der Waals surface area (Å²) in [6.45, 7) is 2.30. The molecule has 3 heteroatoms. The van der Waals surface area contributed by atoms with Crippen molar-refractivity contribution in [2.75, 3.05) is 13.1 Å². The van der Waals surface area contributed by atoms with Gasteiger partial charge >= 0.3 is 0 Å². The minimum Gasteiger partial charge on any atom is -0.316 e. The van der Waals surface area contributed by atoms with Crippen LogP contribution in [0.15, 0.2) is 12.1 Å². The van der Waals surface area contributed by atoms with E-state index in [0.717, 1.165) is 23.2 Å². The normalized spacial score (nSPS) is 18.2. The van der Waals surface area contributed by atoms with Gasteiger partial charge in [-0.25, -0.2) is 0 Å². The van der Waals surface area contributed by atoms with Crippen LogP contribution < -0.4 is 5.32 Å². The van der Waals surface area contributed by atoms with Gasteiger partial charge < -0.3 is 5.32 Å². The van der Waals surface area contributed by atoms with Gasteiger partial charge in [0.05, 0.1) is 4.34 Å². The van der Waals surface area contributed by atoms with E-state index in [9.17, 15) is 0 Å². The predicted molar refractivity (Wildman–Crippen MR) is 77.1 cm³/mol. The lowest BCUT2D eigenvalue weighted by Gasteiger charge is -2.14. The van der Waals surface area contributed by atoms with Gasteiger partial charge in [0.1, 0.15) is 0 Å². The van der Waals surface area contributed by atoms with Crippen molar-refractivity contribution in [3.8, 4) is 0 Å². The summed E-state index contributed by atoms with van der Waals surface area (Å²) in [5.41, 5.74) is 0. The highest BCUT2D eigenvalue weighted by Crippen LogP contribution is 2.23. The molecule has 0 amide bonds. The van der Waals surface area contributed by atoms with Crippen LogP contribution in [-0.2, 0) is 6.42 Å². The van der Waals surface area contributed by atoms with Crippen LogP contribution in [0.5, 0.6) is 0 Å². The van der Waals surface area contributed by atoms with E-state index in [-0.39, 0.29) is 0 Å². The first-order chi connectivity index (χ1) is 8.34. The molecule has 96 valence electrons. The summed E-state index contributed by atoms with van der Waals surface area (Å²) in [7, 11) is 0. The fraction of sp³-hybridized carbons (Fsp3) is 0.714. The monoisotopic (exact) mass is 271 g/mol. The van der Waals surface area contributed by atoms with Crippen LogP contribution in [0.25, 0.3) is 0 Å². The molecule has 17 heavy (non-hydrogen) atoms. The Bertz CT molecular complexity index is 316. The molecule has 1 aliphatic rings. The van der Waals surface area contributed by atoms with Gasteiger partial charge in [-0.05, 0) is 50.4 Å². The zero-order valence-electron chi connectivity index (χ0n) is 10.4. The van der Waals surface area contributed by atoms with Crippen molar-refractivity contribution < 1.29 is 0 Å². The fourth-order valence-corrected chi connectivity index (χ4v) is 3.66. The highest BCUT2D eigenvalue weighted by molar-refractivity contribution is 7.16. The molecule has 0 aliphatic heterocycles. The Morgan fingerprint density at radius 1 is 1.18 bits per heavy atom. The van der Waals surface area contributed by atoms with Gasteiger partial charge in [-0.15, -0.1) is 11.3 Å². The summed E-state index contributed by atoms with van der Waals surface area (Å²) >= 11 is 7.61. The van der Waals surface area contributed by atoms with E-state index in [1.807, 2.05) is 6.07 Å². The molecule has 0 spiro atoms. The van der Waals surface area contributed by atoms with E-state index in [1.54, 1.807) is 11.3 Å². The summed E-state index contributed by atoms with van der Waals surface area (Å²) < 4.78 is 0.906. The number of hydrogen-bond acceptors (Lipinski definition) is 2. The number of halogens is 1. The zero-order chi connectivity index (χ0) is 11.9. The summed E-state index contributed by atoms with van der Waals surface area (Å²) in [4.78, 5) is 1.39. The van der Waals surface area contributed by atoms with Gasteiger partial charge in [-0.1, -0.05) is 37.3 Å². The maximum absolute atomic E-state index is 5.91. The van der Waals surface area contributed by atoms with Crippen molar-refractivity contribution in [2.45, 2.75) is 44.9 Å². The smallest absolute Gasteiger partial charge is 0.0931 e. The molecule has 1 saturated carbocycles. The second-order valence-corrected chi connectivity index (χ2v) is 6.82. The van der Waals surface area contributed by atoms with Crippen LogP contribution in [0.4, 0.5) is 0 Å². The lowest BCUT2D eigenvalue weighted by Crippen LogP contribution is -2.24. The summed E-state index contributed by atoms with van der Waals surface area (Å²) in [5.74, 6) is 0.921. The lowest BCUT2D eigenvalue weighted by atomic mass is 10.0. The van der Waals surface area contributed by atoms with Crippen molar-refractivity contribution in [1.29, 1.82) is 0 Å². The Kier molecular flexibility index (Phi) is 5.82. The lowest BCUT2D eigenvalue weighted by molar-refractivity contribution is 0.427. The third-order valence-electron chi connectivity index (χ3n) is 3.58. The van der Waals surface area contributed by atoms with Gasteiger partial charge in [0.25, 0.3) is 0 Å². The van der Waals surface area contributed by atoms with Crippen LogP contribution >= 0.6 is 22.9 Å². The van der Waals surface area contributed by atoms with Crippen molar-refractivity contribution in [3.05, 3.63) is 21.3 Å². The quantitative estimate of drug-likeness (QED) is 0.614. The van der Waals surface area contributed by atoms with Crippen molar-refractivity contribution >= 4 is 22.9 Å². The van der Waals surface area contributed by atoms with Gasteiger partial charge in [0.2, 0.25) is 0 Å². The highest BCUT2D eigenvalue weighted by atomic mass is 35.5. The molecule has 1 aromatic rings. The first-order valence-electron chi connectivity index (χ1n) is 6.79. The summed E-state index contributed by atoms with van der Waals surface area (Å²) in [6.07, 6.45) is 9.74. The van der Waals surface area contributed by atoms with Crippen LogP contribution in [0.3, 0.4) is 0 Å². The topological polar surface area (TPSA) is 12.0 Å². The molecule has 1 fully saturated rings. The Balaban J connectivity index is 1.59. The number of thiophene rings is 1. The molecule has 2 rings (SSSR count). The molecule has 0 radical (unpaired) electrons. The van der Waals surface area contributed by atoms with Crippen LogP contribution in [0.2, 0.25) is 4.34 Å². The summed E-state index contributed by atoms with van der Waals surface area (Å²) in [5, 5.41) is 3.60. The molecule has 0 atom stereocenters. The molecule has 1 aromatic heterocycles. The Labute approximate surface area is 114 Å². The second kappa shape index (κ2) is 7.40. The van der Waals surface area contributed by atoms with Crippen LogP contribution in [0.1, 0.15) is 43.4 Å². The minimum atomic E-state index is 0.906. The van der Waals surface area contributed by atoms with Crippen molar-refractivity contribution in [1.82, 2.24) is 5.32 Å². The van der Waals surface area contributed by atoms with Gasteiger partial charge in [0.15, 0.2) is 0 Å². The summed E-state index contributed by atoms with van der Waals surface area (Å²) in [6, 6.07) is 4.13. The molecule has 1 nitrogen and oxygen atoms in total. The average molecular weight is 272 g/mol. The van der Waals surface area contributed by atoms with Crippen LogP contribution in [0, 0.1) is 5.92 Å². The number of hydrogen-bond donors (Lipinski definition) is 1. The molecule has 0 saturated heterocycles. The molecular formula is C14H22ClNS. The second-order valence-electron chi connectivity index (χ2n) is 5.02. The van der Waals surface area contributed by atoms with E-state index < -0.39 is 0 Å². The van der Waals surface area contributed by atoms with E-state index in [4.69, 9.17) is 11.6 Å². The minimum absolute atomic E-state index is 0.906. The fourth-order valence-electron chi connectivity index (χ4n) is 2.57. The van der Waals surface area contributed by atoms with Crippen molar-refractivity contribution in [3.63, 3.8) is 0 Å². The van der Waals surface area contributed by atoms with Crippen molar-refractivity contribution in [2.24, 2.45) is 5.92 Å². The maximum atomic E-state index is 5.91. The SMILES string of the molecule is Clc1ccc(CCNCC2CCCCCC2)s1. The third-order valence-corrected chi connectivity index (χ3v) is 4.88. The molecular weight excluding hydrogens is 250 g/mol. The first-order valence-corrected chi connectivity index (χ1v) is 7.99. The standard InChI is InChI=1S/C14H22ClNS/c15-14-8-7-13(17-14)9-10-16-11-12-5-3-1-2-4-6-12/h7-8,12,16H,1-6,9-11H2.